The molecule has 0 saturated heterocycles. The zero-order chi connectivity index (χ0) is 9.84. The van der Waals surface area contributed by atoms with Crippen molar-refractivity contribution in [3.8, 4) is 0 Å². The van der Waals surface area contributed by atoms with Crippen LogP contribution in [0.2, 0.25) is 0 Å². The third-order valence-corrected chi connectivity index (χ3v) is 1.59. The van der Waals surface area contributed by atoms with E-state index in [4.69, 9.17) is 0 Å². The second-order valence-electron chi connectivity index (χ2n) is 2.54. The number of hydrogen-bond donors (Lipinski definition) is 0. The molecule has 0 amide bonds. The maximum atomic E-state index is 11.1. The minimum Gasteiger partial charge on any atom is -0.464 e. The maximum absolute atomic E-state index is 11.1. The van der Waals surface area contributed by atoms with Crippen LogP contribution in [0.25, 0.3) is 0 Å². The van der Waals surface area contributed by atoms with Crippen molar-refractivity contribution in [3.05, 3.63) is 17.5 Å². The van der Waals surface area contributed by atoms with E-state index in [0.29, 0.717) is 5.56 Å². The summed E-state index contributed by atoms with van der Waals surface area (Å²) in [6.07, 6.45) is 2.53. The molecular formula is C8H10N2O3. The highest BCUT2D eigenvalue weighted by Gasteiger charge is 2.15. The fourth-order valence-corrected chi connectivity index (χ4v) is 1.05. The van der Waals surface area contributed by atoms with E-state index in [1.54, 1.807) is 13.2 Å². The SMILES string of the molecule is COC(=O)c1nn(C)cc1CC=O. The summed E-state index contributed by atoms with van der Waals surface area (Å²) in [6, 6.07) is 0. The van der Waals surface area contributed by atoms with Crippen molar-refractivity contribution in [2.45, 2.75) is 6.42 Å². The summed E-state index contributed by atoms with van der Waals surface area (Å²) < 4.78 is 5.98. The fourth-order valence-electron chi connectivity index (χ4n) is 1.05. The molecule has 13 heavy (non-hydrogen) atoms. The number of carbonyl (C=O) groups excluding carboxylic acids is 2. The number of esters is 1. The van der Waals surface area contributed by atoms with Crippen LogP contribution >= 0.6 is 0 Å². The van der Waals surface area contributed by atoms with Gasteiger partial charge < -0.3 is 9.53 Å². The van der Waals surface area contributed by atoms with E-state index >= 15 is 0 Å². The van der Waals surface area contributed by atoms with Crippen molar-refractivity contribution in [1.82, 2.24) is 9.78 Å². The van der Waals surface area contributed by atoms with E-state index in [9.17, 15) is 9.59 Å². The number of hydrogen-bond acceptors (Lipinski definition) is 4. The number of aryl methyl sites for hydroxylation is 1. The molecule has 0 aromatic carbocycles. The summed E-state index contributed by atoms with van der Waals surface area (Å²) in [7, 11) is 2.96. The van der Waals surface area contributed by atoms with Gasteiger partial charge in [-0.05, 0) is 0 Å². The summed E-state index contributed by atoms with van der Waals surface area (Å²) in [5, 5.41) is 3.88. The maximum Gasteiger partial charge on any atom is 0.358 e. The number of aldehydes is 1. The third kappa shape index (κ3) is 1.93. The number of methoxy groups -OCH3 is 1. The molecule has 1 heterocycles. The molecule has 5 nitrogen and oxygen atoms in total. The van der Waals surface area contributed by atoms with Crippen LogP contribution in [-0.4, -0.2) is 29.1 Å². The van der Waals surface area contributed by atoms with Crippen LogP contribution in [0.15, 0.2) is 6.20 Å². The third-order valence-electron chi connectivity index (χ3n) is 1.59. The van der Waals surface area contributed by atoms with E-state index in [0.717, 1.165) is 6.29 Å². The molecule has 0 fully saturated rings. The van der Waals surface area contributed by atoms with Gasteiger partial charge in [0.25, 0.3) is 0 Å². The molecule has 0 unspecified atom stereocenters. The van der Waals surface area contributed by atoms with Gasteiger partial charge in [-0.3, -0.25) is 4.68 Å². The zero-order valence-corrected chi connectivity index (χ0v) is 7.48. The van der Waals surface area contributed by atoms with E-state index in [1.807, 2.05) is 0 Å². The van der Waals surface area contributed by atoms with Crippen LogP contribution in [-0.2, 0) is 23.0 Å². The van der Waals surface area contributed by atoms with Crippen LogP contribution in [0.5, 0.6) is 0 Å². The van der Waals surface area contributed by atoms with Gasteiger partial charge in [-0.15, -0.1) is 0 Å². The van der Waals surface area contributed by atoms with Crippen LogP contribution in [0, 0.1) is 0 Å². The lowest BCUT2D eigenvalue weighted by Crippen LogP contribution is -2.06. The number of nitrogens with zero attached hydrogens (tertiary/aromatic N) is 2. The standard InChI is InChI=1S/C8H10N2O3/c1-10-5-6(3-4-11)7(9-10)8(12)13-2/h4-5H,3H2,1-2H3. The van der Waals surface area contributed by atoms with E-state index in [-0.39, 0.29) is 12.1 Å². The largest absolute Gasteiger partial charge is 0.464 e. The molecule has 0 radical (unpaired) electrons. The number of rotatable bonds is 3. The van der Waals surface area contributed by atoms with Crippen molar-refractivity contribution in [2.24, 2.45) is 7.05 Å². The van der Waals surface area contributed by atoms with Crippen molar-refractivity contribution >= 4 is 12.3 Å². The molecule has 0 bridgehead atoms. The van der Waals surface area contributed by atoms with Gasteiger partial charge in [-0.2, -0.15) is 5.10 Å². The Morgan fingerprint density at radius 1 is 1.77 bits per heavy atom. The van der Waals surface area contributed by atoms with E-state index < -0.39 is 5.97 Å². The van der Waals surface area contributed by atoms with Gasteiger partial charge in [0.15, 0.2) is 5.69 Å². The van der Waals surface area contributed by atoms with Gasteiger partial charge in [0, 0.05) is 25.2 Å². The lowest BCUT2D eigenvalue weighted by Gasteiger charge is -1.95. The first kappa shape index (κ1) is 9.44. The Labute approximate surface area is 75.3 Å². The molecule has 1 aromatic rings. The summed E-state index contributed by atoms with van der Waals surface area (Å²) >= 11 is 0. The molecule has 0 aliphatic heterocycles. The summed E-state index contributed by atoms with van der Waals surface area (Å²) in [5.41, 5.74) is 0.793. The highest BCUT2D eigenvalue weighted by atomic mass is 16.5. The van der Waals surface area contributed by atoms with Crippen molar-refractivity contribution in [2.75, 3.05) is 7.11 Å². The lowest BCUT2D eigenvalue weighted by molar-refractivity contribution is -0.107. The Morgan fingerprint density at radius 3 is 3.00 bits per heavy atom. The van der Waals surface area contributed by atoms with Crippen molar-refractivity contribution < 1.29 is 14.3 Å². The van der Waals surface area contributed by atoms with Gasteiger partial charge in [-0.1, -0.05) is 0 Å². The molecule has 0 aliphatic rings. The van der Waals surface area contributed by atoms with Crippen LogP contribution < -0.4 is 0 Å². The van der Waals surface area contributed by atoms with E-state index in [1.165, 1.54) is 11.8 Å². The number of carbonyl (C=O) groups is 2. The van der Waals surface area contributed by atoms with Crippen LogP contribution in [0.3, 0.4) is 0 Å². The normalized spacial score (nSPS) is 9.69. The van der Waals surface area contributed by atoms with Gasteiger partial charge in [-0.25, -0.2) is 4.79 Å². The highest BCUT2D eigenvalue weighted by molar-refractivity contribution is 5.89. The van der Waals surface area contributed by atoms with Gasteiger partial charge >= 0.3 is 5.97 Å². The van der Waals surface area contributed by atoms with Crippen LogP contribution in [0.4, 0.5) is 0 Å². The second-order valence-corrected chi connectivity index (χ2v) is 2.54. The Morgan fingerprint density at radius 2 is 2.46 bits per heavy atom. The molecule has 1 aromatic heterocycles. The average molecular weight is 182 g/mol. The van der Waals surface area contributed by atoms with E-state index in [2.05, 4.69) is 9.84 Å². The van der Waals surface area contributed by atoms with Crippen molar-refractivity contribution in [1.29, 1.82) is 0 Å². The Kier molecular flexibility index (Phi) is 2.79. The minimum atomic E-state index is -0.516. The molecule has 70 valence electrons. The fraction of sp³-hybridized carbons (Fsp3) is 0.375. The molecule has 1 rings (SSSR count). The Hall–Kier alpha value is -1.65. The topological polar surface area (TPSA) is 61.2 Å². The number of aromatic nitrogens is 2. The highest BCUT2D eigenvalue weighted by Crippen LogP contribution is 2.07. The summed E-state index contributed by atoms with van der Waals surface area (Å²) in [4.78, 5) is 21.4. The second kappa shape index (κ2) is 3.84. The quantitative estimate of drug-likeness (QED) is 0.485. The van der Waals surface area contributed by atoms with Gasteiger partial charge in [0.1, 0.15) is 6.29 Å². The van der Waals surface area contributed by atoms with Crippen LogP contribution in [0.1, 0.15) is 16.1 Å². The molecule has 5 heteroatoms. The minimum absolute atomic E-state index is 0.179. The Bertz CT molecular complexity index is 330. The first-order valence-corrected chi connectivity index (χ1v) is 3.73. The molecule has 0 atom stereocenters. The summed E-state index contributed by atoms with van der Waals surface area (Å²) in [6.45, 7) is 0. The smallest absolute Gasteiger partial charge is 0.358 e. The predicted molar refractivity (Wildman–Crippen MR) is 44.3 cm³/mol. The molecule has 0 aliphatic carbocycles. The Balaban J connectivity index is 3.03. The predicted octanol–water partition coefficient (Wildman–Crippen LogP) is -0.0519. The lowest BCUT2D eigenvalue weighted by atomic mass is 10.2. The monoisotopic (exact) mass is 182 g/mol. The molecule has 0 spiro atoms. The first-order valence-electron chi connectivity index (χ1n) is 3.73. The van der Waals surface area contributed by atoms with Gasteiger partial charge in [0.05, 0.1) is 7.11 Å². The summed E-state index contributed by atoms with van der Waals surface area (Å²) in [5.74, 6) is -0.516. The van der Waals surface area contributed by atoms with Crippen molar-refractivity contribution in [3.63, 3.8) is 0 Å². The molecule has 0 N–H and O–H groups in total. The average Bonchev–Trinajstić information content (AvgIpc) is 2.46. The zero-order valence-electron chi connectivity index (χ0n) is 7.48. The molecular weight excluding hydrogens is 172 g/mol. The molecule has 0 saturated carbocycles. The number of ether oxygens (including phenoxy) is 1. The first-order chi connectivity index (χ1) is 6.19. The van der Waals surface area contributed by atoms with Gasteiger partial charge in [0.2, 0.25) is 0 Å².